The van der Waals surface area contributed by atoms with Gasteiger partial charge in [-0.15, -0.1) is 0 Å². The van der Waals surface area contributed by atoms with E-state index in [1.807, 2.05) is 0 Å². The molecule has 0 amide bonds. The fourth-order valence-corrected chi connectivity index (χ4v) is 2.24. The Bertz CT molecular complexity index is 780. The molecule has 0 spiro atoms. The van der Waals surface area contributed by atoms with E-state index in [4.69, 9.17) is 5.11 Å². The average Bonchev–Trinajstić information content (AvgIpc) is 2.52. The van der Waals surface area contributed by atoms with Gasteiger partial charge in [0, 0.05) is 12.0 Å². The highest BCUT2D eigenvalue weighted by atomic mass is 19.1. The number of carbonyl (C=O) groups is 3. The molecule has 4 nitrogen and oxygen atoms in total. The molecule has 0 saturated carbocycles. The van der Waals surface area contributed by atoms with Gasteiger partial charge in [0.1, 0.15) is 5.82 Å². The normalized spacial score (nSPS) is 10.3. The second-order valence-corrected chi connectivity index (χ2v) is 5.25. The van der Waals surface area contributed by atoms with Gasteiger partial charge in [-0.2, -0.15) is 0 Å². The van der Waals surface area contributed by atoms with E-state index in [1.165, 1.54) is 6.07 Å². The Kier molecular flexibility index (Phi) is 5.01. The maximum Gasteiger partial charge on any atom is 0.372 e. The maximum absolute atomic E-state index is 14.0. The Morgan fingerprint density at radius 2 is 1.78 bits per heavy atom. The average molecular weight is 314 g/mol. The zero-order chi connectivity index (χ0) is 17.0. The lowest BCUT2D eigenvalue weighted by Crippen LogP contribution is -2.17. The zero-order valence-electron chi connectivity index (χ0n) is 12.5. The number of aliphatic carboxylic acids is 1. The van der Waals surface area contributed by atoms with Crippen molar-refractivity contribution in [2.75, 3.05) is 0 Å². The molecule has 0 aromatic heterocycles. The number of carboxylic acids is 1. The fourth-order valence-electron chi connectivity index (χ4n) is 2.24. The molecule has 0 radical (unpaired) electrons. The Balaban J connectivity index is 2.20. The number of halogens is 1. The van der Waals surface area contributed by atoms with Gasteiger partial charge in [-0.05, 0) is 29.7 Å². The fraction of sp³-hybridized carbons (Fsp3) is 0.167. The number of ketones is 2. The Morgan fingerprint density at radius 1 is 1.09 bits per heavy atom. The van der Waals surface area contributed by atoms with E-state index in [2.05, 4.69) is 0 Å². The molecular formula is C18H15FO4. The standard InChI is InChI=1S/C18H15FO4/c1-11-4-2-7-14(17(11)19)9-12-5-3-6-13(8-12)15(20)10-16(21)18(22)23/h2-8H,9-10H2,1H3,(H,22,23). The van der Waals surface area contributed by atoms with E-state index in [0.717, 1.165) is 0 Å². The van der Waals surface area contributed by atoms with Crippen molar-refractivity contribution in [1.29, 1.82) is 0 Å². The first-order valence-corrected chi connectivity index (χ1v) is 7.00. The number of Topliss-reactive ketones (excluding diaryl/α,β-unsaturated/α-hetero) is 2. The van der Waals surface area contributed by atoms with Crippen molar-refractivity contribution in [3.05, 3.63) is 70.5 Å². The number of hydrogen-bond donors (Lipinski definition) is 1. The van der Waals surface area contributed by atoms with Crippen molar-refractivity contribution in [3.63, 3.8) is 0 Å². The van der Waals surface area contributed by atoms with Crippen LogP contribution in [0.5, 0.6) is 0 Å². The van der Waals surface area contributed by atoms with E-state index < -0.39 is 24.0 Å². The number of benzene rings is 2. The molecule has 0 bridgehead atoms. The number of aryl methyl sites for hydroxylation is 1. The van der Waals surface area contributed by atoms with Gasteiger partial charge in [0.15, 0.2) is 5.78 Å². The van der Waals surface area contributed by atoms with Crippen molar-refractivity contribution in [2.45, 2.75) is 19.8 Å². The van der Waals surface area contributed by atoms with E-state index >= 15 is 0 Å². The topological polar surface area (TPSA) is 71.4 Å². The van der Waals surface area contributed by atoms with Gasteiger partial charge in [0.05, 0.1) is 6.42 Å². The third-order valence-corrected chi connectivity index (χ3v) is 3.47. The zero-order valence-corrected chi connectivity index (χ0v) is 12.5. The van der Waals surface area contributed by atoms with E-state index in [9.17, 15) is 18.8 Å². The van der Waals surface area contributed by atoms with Gasteiger partial charge in [-0.1, -0.05) is 36.4 Å². The van der Waals surface area contributed by atoms with Crippen molar-refractivity contribution in [1.82, 2.24) is 0 Å². The molecule has 0 fully saturated rings. The second-order valence-electron chi connectivity index (χ2n) is 5.25. The molecule has 2 aromatic carbocycles. The first kappa shape index (κ1) is 16.5. The van der Waals surface area contributed by atoms with Crippen LogP contribution in [-0.2, 0) is 16.0 Å². The third kappa shape index (κ3) is 4.10. The highest BCUT2D eigenvalue weighted by molar-refractivity contribution is 6.37. The highest BCUT2D eigenvalue weighted by Crippen LogP contribution is 2.17. The molecule has 0 saturated heterocycles. The summed E-state index contributed by atoms with van der Waals surface area (Å²) < 4.78 is 14.0. The smallest absolute Gasteiger partial charge is 0.372 e. The molecule has 0 heterocycles. The summed E-state index contributed by atoms with van der Waals surface area (Å²) in [5.74, 6) is -3.63. The van der Waals surface area contributed by atoms with Crippen molar-refractivity contribution >= 4 is 17.5 Å². The van der Waals surface area contributed by atoms with Gasteiger partial charge in [0.25, 0.3) is 0 Å². The van der Waals surface area contributed by atoms with E-state index in [0.29, 0.717) is 23.1 Å². The molecule has 0 aliphatic carbocycles. The van der Waals surface area contributed by atoms with Crippen LogP contribution in [0.4, 0.5) is 4.39 Å². The minimum Gasteiger partial charge on any atom is -0.475 e. The largest absolute Gasteiger partial charge is 0.475 e. The molecule has 0 aliphatic heterocycles. The minimum absolute atomic E-state index is 0.241. The van der Waals surface area contributed by atoms with Crippen LogP contribution in [0, 0.1) is 12.7 Å². The second kappa shape index (κ2) is 6.96. The summed E-state index contributed by atoms with van der Waals surface area (Å²) in [6, 6.07) is 11.5. The minimum atomic E-state index is -1.63. The van der Waals surface area contributed by atoms with Gasteiger partial charge >= 0.3 is 5.97 Å². The number of carboxylic acid groups (broad SMARTS) is 1. The molecule has 118 valence electrons. The lowest BCUT2D eigenvalue weighted by Gasteiger charge is -2.07. The van der Waals surface area contributed by atoms with Crippen molar-refractivity contribution in [2.24, 2.45) is 0 Å². The summed E-state index contributed by atoms with van der Waals surface area (Å²) in [7, 11) is 0. The summed E-state index contributed by atoms with van der Waals surface area (Å²) >= 11 is 0. The monoisotopic (exact) mass is 314 g/mol. The van der Waals surface area contributed by atoms with Gasteiger partial charge < -0.3 is 5.11 Å². The first-order valence-electron chi connectivity index (χ1n) is 7.00. The van der Waals surface area contributed by atoms with E-state index in [1.54, 1.807) is 43.3 Å². The van der Waals surface area contributed by atoms with Crippen LogP contribution < -0.4 is 0 Å². The number of rotatable bonds is 6. The van der Waals surface area contributed by atoms with Crippen LogP contribution in [-0.4, -0.2) is 22.6 Å². The first-order chi connectivity index (χ1) is 10.9. The summed E-state index contributed by atoms with van der Waals surface area (Å²) in [5, 5.41) is 8.54. The Morgan fingerprint density at radius 3 is 2.48 bits per heavy atom. The quantitative estimate of drug-likeness (QED) is 0.505. The van der Waals surface area contributed by atoms with Crippen LogP contribution in [0.25, 0.3) is 0 Å². The van der Waals surface area contributed by atoms with Crippen LogP contribution in [0.1, 0.15) is 33.5 Å². The summed E-state index contributed by atoms with van der Waals surface area (Å²) in [6.45, 7) is 1.68. The lowest BCUT2D eigenvalue weighted by molar-refractivity contribution is -0.148. The van der Waals surface area contributed by atoms with Crippen LogP contribution >= 0.6 is 0 Å². The maximum atomic E-state index is 14.0. The van der Waals surface area contributed by atoms with E-state index in [-0.39, 0.29) is 11.4 Å². The predicted molar refractivity (Wildman–Crippen MR) is 82.0 cm³/mol. The summed E-state index contributed by atoms with van der Waals surface area (Å²) in [6.07, 6.45) is -0.376. The number of carbonyl (C=O) groups excluding carboxylic acids is 2. The van der Waals surface area contributed by atoms with Crippen LogP contribution in [0.15, 0.2) is 42.5 Å². The highest BCUT2D eigenvalue weighted by Gasteiger charge is 2.18. The molecule has 0 unspecified atom stereocenters. The third-order valence-electron chi connectivity index (χ3n) is 3.47. The molecule has 2 aromatic rings. The summed E-state index contributed by atoms with van der Waals surface area (Å²) in [4.78, 5) is 33.5. The Labute approximate surface area is 132 Å². The van der Waals surface area contributed by atoms with Crippen LogP contribution in [0.2, 0.25) is 0 Å². The van der Waals surface area contributed by atoms with Gasteiger partial charge in [-0.25, -0.2) is 9.18 Å². The molecule has 5 heteroatoms. The predicted octanol–water partition coefficient (Wildman–Crippen LogP) is 2.95. The van der Waals surface area contributed by atoms with Crippen LogP contribution in [0.3, 0.4) is 0 Å². The molecule has 2 rings (SSSR count). The summed E-state index contributed by atoms with van der Waals surface area (Å²) in [5.41, 5.74) is 2.01. The lowest BCUT2D eigenvalue weighted by atomic mass is 9.98. The number of hydrogen-bond acceptors (Lipinski definition) is 3. The molecule has 1 N–H and O–H groups in total. The Hall–Kier alpha value is -2.82. The molecule has 0 aliphatic rings. The molecular weight excluding hydrogens is 299 g/mol. The SMILES string of the molecule is Cc1cccc(Cc2cccc(C(=O)CC(=O)C(=O)O)c2)c1F. The van der Waals surface area contributed by atoms with Gasteiger partial charge in [-0.3, -0.25) is 9.59 Å². The van der Waals surface area contributed by atoms with Gasteiger partial charge in [0.2, 0.25) is 5.78 Å². The molecule has 0 atom stereocenters. The van der Waals surface area contributed by atoms with Crippen molar-refractivity contribution in [3.8, 4) is 0 Å². The molecule has 23 heavy (non-hydrogen) atoms. The van der Waals surface area contributed by atoms with Crippen molar-refractivity contribution < 1.29 is 23.9 Å².